The fraction of sp³-hybridized carbons (Fsp3) is 0.455. The SMILES string of the molecule is CC(C)CNCc1ncnn1-c1ccncn1. The molecule has 0 bridgehead atoms. The number of hydrogen-bond acceptors (Lipinski definition) is 5. The summed E-state index contributed by atoms with van der Waals surface area (Å²) in [5, 5.41) is 7.49. The first-order valence-corrected chi connectivity index (χ1v) is 5.63. The molecule has 0 aliphatic heterocycles. The Morgan fingerprint density at radius 2 is 2.18 bits per heavy atom. The zero-order valence-electron chi connectivity index (χ0n) is 10.0. The molecule has 2 aromatic heterocycles. The van der Waals surface area contributed by atoms with Crippen molar-refractivity contribution in [1.29, 1.82) is 0 Å². The van der Waals surface area contributed by atoms with Crippen molar-refractivity contribution >= 4 is 0 Å². The van der Waals surface area contributed by atoms with Gasteiger partial charge in [0.2, 0.25) is 0 Å². The van der Waals surface area contributed by atoms with Crippen molar-refractivity contribution in [3.63, 3.8) is 0 Å². The molecule has 0 aliphatic rings. The molecule has 0 saturated heterocycles. The lowest BCUT2D eigenvalue weighted by atomic mass is 10.2. The van der Waals surface area contributed by atoms with E-state index in [1.807, 2.05) is 0 Å². The van der Waals surface area contributed by atoms with E-state index in [0.29, 0.717) is 12.5 Å². The van der Waals surface area contributed by atoms with Crippen LogP contribution in [0, 0.1) is 5.92 Å². The van der Waals surface area contributed by atoms with Crippen LogP contribution in [-0.2, 0) is 6.54 Å². The molecule has 0 fully saturated rings. The highest BCUT2D eigenvalue weighted by Crippen LogP contribution is 2.03. The molecule has 2 heterocycles. The van der Waals surface area contributed by atoms with E-state index in [-0.39, 0.29) is 0 Å². The maximum Gasteiger partial charge on any atom is 0.158 e. The van der Waals surface area contributed by atoms with Gasteiger partial charge in [-0.3, -0.25) is 0 Å². The minimum atomic E-state index is 0.616. The van der Waals surface area contributed by atoms with Gasteiger partial charge in [0.25, 0.3) is 0 Å². The maximum atomic E-state index is 4.22. The highest BCUT2D eigenvalue weighted by molar-refractivity contribution is 5.18. The molecule has 17 heavy (non-hydrogen) atoms. The quantitative estimate of drug-likeness (QED) is 0.826. The number of hydrogen-bond donors (Lipinski definition) is 1. The summed E-state index contributed by atoms with van der Waals surface area (Å²) in [5.41, 5.74) is 0. The van der Waals surface area contributed by atoms with Crippen LogP contribution in [0.1, 0.15) is 19.7 Å². The lowest BCUT2D eigenvalue weighted by Gasteiger charge is -2.07. The Morgan fingerprint density at radius 3 is 2.88 bits per heavy atom. The zero-order chi connectivity index (χ0) is 12.1. The molecule has 0 unspecified atom stereocenters. The summed E-state index contributed by atoms with van der Waals surface area (Å²) < 4.78 is 1.72. The van der Waals surface area contributed by atoms with E-state index in [2.05, 4.69) is 39.2 Å². The average molecular weight is 232 g/mol. The highest BCUT2D eigenvalue weighted by atomic mass is 15.4. The predicted molar refractivity (Wildman–Crippen MR) is 63.5 cm³/mol. The molecule has 6 nitrogen and oxygen atoms in total. The van der Waals surface area contributed by atoms with Gasteiger partial charge in [-0.05, 0) is 12.5 Å². The van der Waals surface area contributed by atoms with E-state index in [1.165, 1.54) is 12.7 Å². The summed E-state index contributed by atoms with van der Waals surface area (Å²) in [4.78, 5) is 12.2. The minimum Gasteiger partial charge on any atom is -0.310 e. The predicted octanol–water partition coefficient (Wildman–Crippen LogP) is 0.803. The summed E-state index contributed by atoms with van der Waals surface area (Å²) >= 11 is 0. The smallest absolute Gasteiger partial charge is 0.158 e. The normalized spacial score (nSPS) is 11.0. The fourth-order valence-electron chi connectivity index (χ4n) is 1.46. The van der Waals surface area contributed by atoms with E-state index < -0.39 is 0 Å². The Labute approximate surface area is 100 Å². The van der Waals surface area contributed by atoms with Gasteiger partial charge < -0.3 is 5.32 Å². The van der Waals surface area contributed by atoms with E-state index in [0.717, 1.165) is 18.2 Å². The summed E-state index contributed by atoms with van der Waals surface area (Å²) in [5.74, 6) is 2.20. The maximum absolute atomic E-state index is 4.22. The van der Waals surface area contributed by atoms with Gasteiger partial charge in [-0.25, -0.2) is 15.0 Å². The van der Waals surface area contributed by atoms with Gasteiger partial charge in [0.05, 0.1) is 6.54 Å². The summed E-state index contributed by atoms with van der Waals surface area (Å²) in [6.07, 6.45) is 4.73. The Morgan fingerprint density at radius 1 is 1.29 bits per heavy atom. The van der Waals surface area contributed by atoms with Gasteiger partial charge >= 0.3 is 0 Å². The molecule has 0 spiro atoms. The van der Waals surface area contributed by atoms with Crippen LogP contribution in [0.25, 0.3) is 5.82 Å². The van der Waals surface area contributed by atoms with Crippen LogP contribution in [0.2, 0.25) is 0 Å². The van der Waals surface area contributed by atoms with Crippen molar-refractivity contribution in [2.45, 2.75) is 20.4 Å². The monoisotopic (exact) mass is 232 g/mol. The number of rotatable bonds is 5. The van der Waals surface area contributed by atoms with Crippen molar-refractivity contribution in [1.82, 2.24) is 30.0 Å². The van der Waals surface area contributed by atoms with Gasteiger partial charge in [-0.2, -0.15) is 9.78 Å². The molecule has 0 aromatic carbocycles. The number of nitrogens with zero attached hydrogens (tertiary/aromatic N) is 5. The molecule has 0 amide bonds. The largest absolute Gasteiger partial charge is 0.310 e. The highest BCUT2D eigenvalue weighted by Gasteiger charge is 2.06. The van der Waals surface area contributed by atoms with E-state index in [9.17, 15) is 0 Å². The lowest BCUT2D eigenvalue weighted by Crippen LogP contribution is -2.21. The zero-order valence-corrected chi connectivity index (χ0v) is 10.0. The topological polar surface area (TPSA) is 68.5 Å². The van der Waals surface area contributed by atoms with Crippen LogP contribution >= 0.6 is 0 Å². The molecular formula is C11H16N6. The Bertz CT molecular complexity index is 450. The molecule has 2 aromatic rings. The van der Waals surface area contributed by atoms with Crippen molar-refractivity contribution in [2.75, 3.05) is 6.54 Å². The van der Waals surface area contributed by atoms with Gasteiger partial charge in [-0.15, -0.1) is 0 Å². The van der Waals surface area contributed by atoms with E-state index in [1.54, 1.807) is 16.9 Å². The molecule has 1 N–H and O–H groups in total. The second-order valence-electron chi connectivity index (χ2n) is 4.18. The molecule has 0 aliphatic carbocycles. The Balaban J connectivity index is 2.07. The molecule has 0 atom stereocenters. The van der Waals surface area contributed by atoms with Crippen molar-refractivity contribution in [2.24, 2.45) is 5.92 Å². The van der Waals surface area contributed by atoms with Crippen molar-refractivity contribution < 1.29 is 0 Å². The third-order valence-corrected chi connectivity index (χ3v) is 2.24. The van der Waals surface area contributed by atoms with E-state index in [4.69, 9.17) is 0 Å². The van der Waals surface area contributed by atoms with Crippen LogP contribution in [0.5, 0.6) is 0 Å². The Hall–Kier alpha value is -1.82. The first-order chi connectivity index (χ1) is 8.27. The van der Waals surface area contributed by atoms with Crippen molar-refractivity contribution in [3.8, 4) is 5.82 Å². The lowest BCUT2D eigenvalue weighted by molar-refractivity contribution is 0.537. The standard InChI is InChI=1S/C11H16N6/c1-9(2)5-13-6-11-15-8-16-17(11)10-3-4-12-7-14-10/h3-4,7-9,13H,5-6H2,1-2H3. The van der Waals surface area contributed by atoms with Gasteiger partial charge in [0.15, 0.2) is 5.82 Å². The molecule has 0 radical (unpaired) electrons. The molecule has 2 rings (SSSR count). The van der Waals surface area contributed by atoms with Crippen LogP contribution < -0.4 is 5.32 Å². The Kier molecular flexibility index (Phi) is 3.77. The van der Waals surface area contributed by atoms with Gasteiger partial charge in [-0.1, -0.05) is 13.8 Å². The minimum absolute atomic E-state index is 0.616. The first kappa shape index (κ1) is 11.7. The van der Waals surface area contributed by atoms with E-state index >= 15 is 0 Å². The summed E-state index contributed by atoms with van der Waals surface area (Å²) in [6.45, 7) is 5.98. The van der Waals surface area contributed by atoms with Crippen LogP contribution in [0.4, 0.5) is 0 Å². The molecule has 0 saturated carbocycles. The molecule has 6 heteroatoms. The van der Waals surface area contributed by atoms with Gasteiger partial charge in [0.1, 0.15) is 18.5 Å². The summed E-state index contributed by atoms with van der Waals surface area (Å²) in [6, 6.07) is 1.81. The number of aromatic nitrogens is 5. The van der Waals surface area contributed by atoms with Crippen LogP contribution in [0.15, 0.2) is 24.9 Å². The van der Waals surface area contributed by atoms with Crippen LogP contribution in [-0.4, -0.2) is 31.3 Å². The average Bonchev–Trinajstić information content (AvgIpc) is 2.78. The second-order valence-corrected chi connectivity index (χ2v) is 4.18. The summed E-state index contributed by atoms with van der Waals surface area (Å²) in [7, 11) is 0. The molecule has 90 valence electrons. The molecular weight excluding hydrogens is 216 g/mol. The second kappa shape index (κ2) is 5.49. The third-order valence-electron chi connectivity index (χ3n) is 2.24. The van der Waals surface area contributed by atoms with Crippen LogP contribution in [0.3, 0.4) is 0 Å². The first-order valence-electron chi connectivity index (χ1n) is 5.63. The van der Waals surface area contributed by atoms with Gasteiger partial charge in [0, 0.05) is 12.3 Å². The fourth-order valence-corrected chi connectivity index (χ4v) is 1.46. The number of nitrogens with one attached hydrogen (secondary N) is 1. The third kappa shape index (κ3) is 3.07. The van der Waals surface area contributed by atoms with Crippen molar-refractivity contribution in [3.05, 3.63) is 30.7 Å².